The van der Waals surface area contributed by atoms with Gasteiger partial charge in [0.05, 0.1) is 11.8 Å². The van der Waals surface area contributed by atoms with E-state index in [-0.39, 0.29) is 18.9 Å². The molecule has 0 bridgehead atoms. The molecule has 2 aromatic heterocycles. The topological polar surface area (TPSA) is 82.8 Å². The Morgan fingerprint density at radius 2 is 2.00 bits per heavy atom. The van der Waals surface area contributed by atoms with Crippen LogP contribution in [0.4, 0.5) is 0 Å². The van der Waals surface area contributed by atoms with Crippen molar-refractivity contribution in [3.05, 3.63) is 40.8 Å². The van der Waals surface area contributed by atoms with Crippen LogP contribution < -0.4 is 0 Å². The number of carbonyl (C=O) groups is 2. The Bertz CT molecular complexity index is 664. The van der Waals surface area contributed by atoms with Gasteiger partial charge in [0.25, 0.3) is 5.91 Å². The highest BCUT2D eigenvalue weighted by molar-refractivity contribution is 7.12. The maximum Gasteiger partial charge on any atom is 0.326 e. The standard InChI is InChI=1S/C14H14N2O4S/c17-9-7-11(14(19)20)16(8-9)13(18)12-10(3-6-21-12)15-4-1-2-5-15/h1-6,9,11,17H,7-8H2,(H,19,20)/t9-,11-/m0/s1. The number of carboxylic acid groups (broad SMARTS) is 1. The SMILES string of the molecule is O=C(O)[C@@H]1C[C@H](O)CN1C(=O)c1sccc1-n1cccc1. The maximum absolute atomic E-state index is 12.6. The molecule has 0 saturated carbocycles. The van der Waals surface area contributed by atoms with E-state index in [4.69, 9.17) is 0 Å². The first kappa shape index (κ1) is 13.8. The average Bonchev–Trinajstić information content (AvgIpc) is 3.17. The van der Waals surface area contributed by atoms with Gasteiger partial charge in [-0.1, -0.05) is 0 Å². The minimum absolute atomic E-state index is 0.0544. The zero-order valence-electron chi connectivity index (χ0n) is 11.0. The molecule has 3 heterocycles. The summed E-state index contributed by atoms with van der Waals surface area (Å²) >= 11 is 1.27. The van der Waals surface area contributed by atoms with Gasteiger partial charge in [-0.25, -0.2) is 4.79 Å². The second kappa shape index (κ2) is 5.34. The molecule has 1 fully saturated rings. The molecule has 0 unspecified atom stereocenters. The summed E-state index contributed by atoms with van der Waals surface area (Å²) < 4.78 is 1.81. The predicted octanol–water partition coefficient (Wildman–Crippen LogP) is 1.20. The van der Waals surface area contributed by atoms with E-state index in [1.165, 1.54) is 16.2 Å². The highest BCUT2D eigenvalue weighted by Crippen LogP contribution is 2.27. The monoisotopic (exact) mass is 306 g/mol. The molecule has 2 atom stereocenters. The van der Waals surface area contributed by atoms with Gasteiger partial charge in [-0.2, -0.15) is 0 Å². The zero-order valence-corrected chi connectivity index (χ0v) is 11.9. The minimum Gasteiger partial charge on any atom is -0.480 e. The third kappa shape index (κ3) is 2.45. The Kier molecular flexibility index (Phi) is 3.52. The highest BCUT2D eigenvalue weighted by atomic mass is 32.1. The van der Waals surface area contributed by atoms with Crippen LogP contribution in [0.1, 0.15) is 16.1 Å². The first-order chi connectivity index (χ1) is 10.1. The molecule has 1 aliphatic heterocycles. The molecule has 0 aliphatic carbocycles. The molecule has 1 aliphatic rings. The molecule has 0 radical (unpaired) electrons. The number of rotatable bonds is 3. The van der Waals surface area contributed by atoms with E-state index in [1.54, 1.807) is 5.38 Å². The number of hydrogen-bond acceptors (Lipinski definition) is 4. The third-order valence-corrected chi connectivity index (χ3v) is 4.44. The Balaban J connectivity index is 1.93. The largest absolute Gasteiger partial charge is 0.480 e. The summed E-state index contributed by atoms with van der Waals surface area (Å²) in [5, 5.41) is 20.7. The molecule has 110 valence electrons. The van der Waals surface area contributed by atoms with Crippen LogP contribution in [0.25, 0.3) is 5.69 Å². The van der Waals surface area contributed by atoms with Crippen molar-refractivity contribution in [1.29, 1.82) is 0 Å². The first-order valence-corrected chi connectivity index (χ1v) is 7.38. The number of β-amino-alcohol motifs (C(OH)–C–C–N with tert-alkyl or cyclic N) is 1. The van der Waals surface area contributed by atoms with Crippen molar-refractivity contribution in [2.75, 3.05) is 6.54 Å². The van der Waals surface area contributed by atoms with E-state index in [0.717, 1.165) is 5.69 Å². The fraction of sp³-hybridized carbons (Fsp3) is 0.286. The molecule has 1 saturated heterocycles. The molecule has 2 N–H and O–H groups in total. The lowest BCUT2D eigenvalue weighted by Gasteiger charge is -2.21. The third-order valence-electron chi connectivity index (χ3n) is 3.55. The maximum atomic E-state index is 12.6. The van der Waals surface area contributed by atoms with Crippen LogP contribution >= 0.6 is 11.3 Å². The molecular weight excluding hydrogens is 292 g/mol. The van der Waals surface area contributed by atoms with Crippen molar-refractivity contribution >= 4 is 23.2 Å². The van der Waals surface area contributed by atoms with Crippen molar-refractivity contribution in [3.8, 4) is 5.69 Å². The van der Waals surface area contributed by atoms with Crippen molar-refractivity contribution in [2.24, 2.45) is 0 Å². The Labute approximate surface area is 124 Å². The summed E-state index contributed by atoms with van der Waals surface area (Å²) in [5.41, 5.74) is 0.723. The fourth-order valence-corrected chi connectivity index (χ4v) is 3.41. The van der Waals surface area contributed by atoms with Crippen LogP contribution in [0.3, 0.4) is 0 Å². The number of hydrogen-bond donors (Lipinski definition) is 2. The van der Waals surface area contributed by atoms with Gasteiger partial charge in [0, 0.05) is 25.4 Å². The lowest BCUT2D eigenvalue weighted by atomic mass is 10.2. The number of aliphatic hydroxyl groups is 1. The molecule has 2 aromatic rings. The Hall–Kier alpha value is -2.12. The summed E-state index contributed by atoms with van der Waals surface area (Å²) in [6, 6.07) is 4.56. The number of nitrogens with zero attached hydrogens (tertiary/aromatic N) is 2. The molecule has 7 heteroatoms. The van der Waals surface area contributed by atoms with Gasteiger partial charge in [0.15, 0.2) is 0 Å². The number of thiophene rings is 1. The predicted molar refractivity (Wildman–Crippen MR) is 76.7 cm³/mol. The van der Waals surface area contributed by atoms with Gasteiger partial charge in [0.2, 0.25) is 0 Å². The van der Waals surface area contributed by atoms with Crippen molar-refractivity contribution in [1.82, 2.24) is 9.47 Å². The van der Waals surface area contributed by atoms with Crippen LogP contribution in [-0.4, -0.2) is 50.2 Å². The van der Waals surface area contributed by atoms with Crippen LogP contribution in [0.15, 0.2) is 36.0 Å². The van der Waals surface area contributed by atoms with Crippen molar-refractivity contribution < 1.29 is 19.8 Å². The number of aliphatic carboxylic acids is 1. The van der Waals surface area contributed by atoms with Crippen LogP contribution in [0.2, 0.25) is 0 Å². The fourth-order valence-electron chi connectivity index (χ4n) is 2.56. The van der Waals surface area contributed by atoms with E-state index in [2.05, 4.69) is 0 Å². The number of aromatic nitrogens is 1. The zero-order chi connectivity index (χ0) is 15.0. The van der Waals surface area contributed by atoms with E-state index in [9.17, 15) is 19.8 Å². The van der Waals surface area contributed by atoms with E-state index in [1.807, 2.05) is 35.2 Å². The molecule has 21 heavy (non-hydrogen) atoms. The summed E-state index contributed by atoms with van der Waals surface area (Å²) in [7, 11) is 0. The number of carbonyl (C=O) groups excluding carboxylic acids is 1. The molecule has 1 amide bonds. The van der Waals surface area contributed by atoms with Crippen molar-refractivity contribution in [3.63, 3.8) is 0 Å². The van der Waals surface area contributed by atoms with E-state index >= 15 is 0 Å². The Morgan fingerprint density at radius 3 is 2.67 bits per heavy atom. The summed E-state index contributed by atoms with van der Waals surface area (Å²) in [6.45, 7) is 0.0544. The second-order valence-corrected chi connectivity index (χ2v) is 5.84. The van der Waals surface area contributed by atoms with E-state index in [0.29, 0.717) is 4.88 Å². The van der Waals surface area contributed by atoms with E-state index < -0.39 is 18.1 Å². The number of amides is 1. The van der Waals surface area contributed by atoms with Gasteiger partial charge in [-0.15, -0.1) is 11.3 Å². The van der Waals surface area contributed by atoms with Crippen LogP contribution in [0, 0.1) is 0 Å². The van der Waals surface area contributed by atoms with Crippen LogP contribution in [-0.2, 0) is 4.79 Å². The highest BCUT2D eigenvalue weighted by Gasteiger charge is 2.40. The normalized spacial score (nSPS) is 21.7. The van der Waals surface area contributed by atoms with Gasteiger partial charge < -0.3 is 19.7 Å². The molecule has 3 rings (SSSR count). The summed E-state index contributed by atoms with van der Waals surface area (Å²) in [4.78, 5) is 25.6. The molecule has 0 aromatic carbocycles. The van der Waals surface area contributed by atoms with Crippen LogP contribution in [0.5, 0.6) is 0 Å². The average molecular weight is 306 g/mol. The van der Waals surface area contributed by atoms with Gasteiger partial charge in [-0.05, 0) is 23.6 Å². The van der Waals surface area contributed by atoms with Gasteiger partial charge in [-0.3, -0.25) is 4.79 Å². The van der Waals surface area contributed by atoms with Crippen molar-refractivity contribution in [2.45, 2.75) is 18.6 Å². The minimum atomic E-state index is -1.08. The Morgan fingerprint density at radius 1 is 1.29 bits per heavy atom. The smallest absolute Gasteiger partial charge is 0.326 e. The van der Waals surface area contributed by atoms with Gasteiger partial charge in [0.1, 0.15) is 10.9 Å². The first-order valence-electron chi connectivity index (χ1n) is 6.50. The summed E-state index contributed by atoms with van der Waals surface area (Å²) in [5.74, 6) is -1.43. The lowest BCUT2D eigenvalue weighted by molar-refractivity contribution is -0.141. The quantitative estimate of drug-likeness (QED) is 0.892. The number of likely N-dealkylation sites (tertiary alicyclic amines) is 1. The molecule has 0 spiro atoms. The second-order valence-electron chi connectivity index (χ2n) is 4.93. The molecule has 6 nitrogen and oxygen atoms in total. The molecular formula is C14H14N2O4S. The number of carboxylic acids is 1. The summed E-state index contributed by atoms with van der Waals surface area (Å²) in [6.07, 6.45) is 2.94. The lowest BCUT2D eigenvalue weighted by Crippen LogP contribution is -2.40. The number of aliphatic hydroxyl groups excluding tert-OH is 1. The van der Waals surface area contributed by atoms with Gasteiger partial charge >= 0.3 is 5.97 Å².